The Kier molecular flexibility index (Phi) is 5.29. The number of anilines is 2. The van der Waals surface area contributed by atoms with E-state index in [2.05, 4.69) is 14.5 Å². The van der Waals surface area contributed by atoms with Crippen molar-refractivity contribution in [3.05, 3.63) is 60.9 Å². The Morgan fingerprint density at radius 1 is 1.00 bits per heavy atom. The molecule has 11 heteroatoms. The van der Waals surface area contributed by atoms with Crippen molar-refractivity contribution in [1.82, 2.24) is 9.78 Å². The maximum Gasteiger partial charge on any atom is 0.265 e. The number of hydrogen-bond acceptors (Lipinski definition) is 6. The average Bonchev–Trinajstić information content (AvgIpc) is 3.13. The van der Waals surface area contributed by atoms with Gasteiger partial charge in [0.25, 0.3) is 10.0 Å². The fourth-order valence-corrected chi connectivity index (χ4v) is 3.97. The van der Waals surface area contributed by atoms with E-state index < -0.39 is 20.0 Å². The van der Waals surface area contributed by atoms with Crippen LogP contribution in [0.5, 0.6) is 5.75 Å². The molecule has 0 aliphatic rings. The highest BCUT2D eigenvalue weighted by Crippen LogP contribution is 2.29. The summed E-state index contributed by atoms with van der Waals surface area (Å²) in [6, 6.07) is 13.3. The highest BCUT2D eigenvalue weighted by atomic mass is 32.2. The van der Waals surface area contributed by atoms with Gasteiger partial charge in [-0.05, 0) is 24.3 Å². The summed E-state index contributed by atoms with van der Waals surface area (Å²) in [5.41, 5.74) is 1.13. The predicted molar refractivity (Wildman–Crippen MR) is 106 cm³/mol. The van der Waals surface area contributed by atoms with Crippen molar-refractivity contribution in [2.24, 2.45) is 0 Å². The van der Waals surface area contributed by atoms with Crippen molar-refractivity contribution in [3.63, 3.8) is 0 Å². The van der Waals surface area contributed by atoms with Crippen molar-refractivity contribution < 1.29 is 21.6 Å². The number of sulfonamides is 2. The first kappa shape index (κ1) is 19.7. The van der Waals surface area contributed by atoms with E-state index in [1.54, 1.807) is 12.1 Å². The number of ether oxygens (including phenoxy) is 1. The Labute approximate surface area is 163 Å². The first-order valence-corrected chi connectivity index (χ1v) is 11.3. The molecule has 1 heterocycles. The lowest BCUT2D eigenvalue weighted by Crippen LogP contribution is -2.13. The first-order valence-electron chi connectivity index (χ1n) is 7.97. The van der Waals surface area contributed by atoms with Crippen LogP contribution in [0.15, 0.2) is 65.8 Å². The average molecular weight is 422 g/mol. The van der Waals surface area contributed by atoms with Crippen LogP contribution in [0.1, 0.15) is 0 Å². The third-order valence-corrected chi connectivity index (χ3v) is 5.57. The molecule has 0 radical (unpaired) electrons. The fraction of sp³-hybridized carbons (Fsp3) is 0.118. The van der Waals surface area contributed by atoms with Gasteiger partial charge in [-0.2, -0.15) is 5.10 Å². The lowest BCUT2D eigenvalue weighted by molar-refractivity contribution is 0.417. The van der Waals surface area contributed by atoms with E-state index >= 15 is 0 Å². The predicted octanol–water partition coefficient (Wildman–Crippen LogP) is 2.05. The highest BCUT2D eigenvalue weighted by molar-refractivity contribution is 7.92. The molecule has 9 nitrogen and oxygen atoms in total. The van der Waals surface area contributed by atoms with Crippen molar-refractivity contribution in [2.45, 2.75) is 4.90 Å². The molecule has 0 aliphatic carbocycles. The van der Waals surface area contributed by atoms with Gasteiger partial charge in [-0.1, -0.05) is 18.2 Å². The summed E-state index contributed by atoms with van der Waals surface area (Å²) in [6.07, 6.45) is 3.65. The number of rotatable bonds is 7. The SMILES string of the molecule is COc1cc(NS(=O)(=O)c2cnn(-c3ccccc3)c2)ccc1NS(C)(=O)=O. The quantitative estimate of drug-likeness (QED) is 0.601. The summed E-state index contributed by atoms with van der Waals surface area (Å²) in [6.45, 7) is 0. The molecule has 0 spiro atoms. The zero-order valence-corrected chi connectivity index (χ0v) is 16.7. The zero-order valence-electron chi connectivity index (χ0n) is 15.0. The van der Waals surface area contributed by atoms with E-state index in [-0.39, 0.29) is 22.0 Å². The minimum absolute atomic E-state index is 0.0198. The van der Waals surface area contributed by atoms with Crippen LogP contribution in [0.4, 0.5) is 11.4 Å². The number of aromatic nitrogens is 2. The molecule has 0 saturated carbocycles. The summed E-state index contributed by atoms with van der Waals surface area (Å²) in [5.74, 6) is 0.172. The molecular weight excluding hydrogens is 404 g/mol. The molecular formula is C17H18N4O5S2. The highest BCUT2D eigenvalue weighted by Gasteiger charge is 2.18. The molecule has 0 amide bonds. The normalized spacial score (nSPS) is 11.8. The van der Waals surface area contributed by atoms with Gasteiger partial charge in [0, 0.05) is 6.07 Å². The van der Waals surface area contributed by atoms with Crippen LogP contribution in [0.25, 0.3) is 5.69 Å². The molecule has 0 fully saturated rings. The van der Waals surface area contributed by atoms with Gasteiger partial charge in [0.2, 0.25) is 10.0 Å². The Hall–Kier alpha value is -3.05. The Bertz CT molecular complexity index is 1190. The molecule has 28 heavy (non-hydrogen) atoms. The van der Waals surface area contributed by atoms with E-state index in [1.165, 1.54) is 42.4 Å². The van der Waals surface area contributed by atoms with Gasteiger partial charge in [-0.3, -0.25) is 9.44 Å². The largest absolute Gasteiger partial charge is 0.494 e. The smallest absolute Gasteiger partial charge is 0.265 e. The second kappa shape index (κ2) is 7.52. The van der Waals surface area contributed by atoms with Gasteiger partial charge in [0.05, 0.1) is 42.8 Å². The fourth-order valence-electron chi connectivity index (χ4n) is 2.42. The van der Waals surface area contributed by atoms with Crippen molar-refractivity contribution in [1.29, 1.82) is 0 Å². The summed E-state index contributed by atoms with van der Waals surface area (Å²) in [4.78, 5) is -0.0198. The summed E-state index contributed by atoms with van der Waals surface area (Å²) in [7, 11) is -6.05. The van der Waals surface area contributed by atoms with Crippen molar-refractivity contribution in [3.8, 4) is 11.4 Å². The molecule has 2 aromatic carbocycles. The standard InChI is InChI=1S/C17H18N4O5S2/c1-26-17-10-13(8-9-16(17)20-27(2,22)23)19-28(24,25)15-11-18-21(12-15)14-6-4-3-5-7-14/h3-12,19-20H,1-2H3. The summed E-state index contributed by atoms with van der Waals surface area (Å²) in [5, 5.41) is 4.08. The number of methoxy groups -OCH3 is 1. The minimum Gasteiger partial charge on any atom is -0.494 e. The molecule has 0 atom stereocenters. The third-order valence-electron chi connectivity index (χ3n) is 3.64. The number of nitrogens with one attached hydrogen (secondary N) is 2. The zero-order chi connectivity index (χ0) is 20.4. The molecule has 148 valence electrons. The minimum atomic E-state index is -3.90. The van der Waals surface area contributed by atoms with Gasteiger partial charge < -0.3 is 4.74 Å². The van der Waals surface area contributed by atoms with Gasteiger partial charge in [-0.15, -0.1) is 0 Å². The van der Waals surface area contributed by atoms with E-state index in [0.29, 0.717) is 0 Å². The maximum atomic E-state index is 12.6. The van der Waals surface area contributed by atoms with Crippen LogP contribution in [-0.4, -0.2) is 40.0 Å². The number of hydrogen-bond donors (Lipinski definition) is 2. The first-order chi connectivity index (χ1) is 13.2. The number of nitrogens with zero attached hydrogens (tertiary/aromatic N) is 2. The summed E-state index contributed by atoms with van der Waals surface area (Å²) >= 11 is 0. The van der Waals surface area contributed by atoms with E-state index in [9.17, 15) is 16.8 Å². The van der Waals surface area contributed by atoms with Crippen LogP contribution < -0.4 is 14.2 Å². The monoisotopic (exact) mass is 422 g/mol. The van der Waals surface area contributed by atoms with Crippen LogP contribution in [0.2, 0.25) is 0 Å². The molecule has 0 aliphatic heterocycles. The number of benzene rings is 2. The summed E-state index contributed by atoms with van der Waals surface area (Å²) < 4.78 is 59.4. The van der Waals surface area contributed by atoms with Crippen LogP contribution in [0, 0.1) is 0 Å². The van der Waals surface area contributed by atoms with Crippen LogP contribution in [0.3, 0.4) is 0 Å². The molecule has 1 aromatic heterocycles. The van der Waals surface area contributed by atoms with Crippen molar-refractivity contribution >= 4 is 31.4 Å². The lowest BCUT2D eigenvalue weighted by atomic mass is 10.2. The third kappa shape index (κ3) is 4.61. The topological polar surface area (TPSA) is 119 Å². The lowest BCUT2D eigenvalue weighted by Gasteiger charge is -2.12. The molecule has 2 N–H and O–H groups in total. The van der Waals surface area contributed by atoms with Gasteiger partial charge in [0.15, 0.2) is 0 Å². The Morgan fingerprint density at radius 3 is 2.36 bits per heavy atom. The van der Waals surface area contributed by atoms with Crippen LogP contribution >= 0.6 is 0 Å². The molecule has 0 unspecified atom stereocenters. The number of para-hydroxylation sites is 1. The second-order valence-corrected chi connectivity index (χ2v) is 9.28. The molecule has 3 rings (SSSR count). The van der Waals surface area contributed by atoms with E-state index in [0.717, 1.165) is 11.9 Å². The second-order valence-electron chi connectivity index (χ2n) is 5.85. The van der Waals surface area contributed by atoms with Gasteiger partial charge in [0.1, 0.15) is 10.6 Å². The molecule has 3 aromatic rings. The van der Waals surface area contributed by atoms with Gasteiger partial charge in [-0.25, -0.2) is 21.5 Å². The van der Waals surface area contributed by atoms with Gasteiger partial charge >= 0.3 is 0 Å². The maximum absolute atomic E-state index is 12.6. The Morgan fingerprint density at radius 2 is 1.71 bits per heavy atom. The van der Waals surface area contributed by atoms with E-state index in [4.69, 9.17) is 4.74 Å². The Balaban J connectivity index is 1.86. The molecule has 0 bridgehead atoms. The van der Waals surface area contributed by atoms with Crippen LogP contribution in [-0.2, 0) is 20.0 Å². The van der Waals surface area contributed by atoms with E-state index in [1.807, 2.05) is 18.2 Å². The molecule has 0 saturated heterocycles. The van der Waals surface area contributed by atoms with Crippen molar-refractivity contribution in [2.75, 3.05) is 22.8 Å².